The topological polar surface area (TPSA) is 41.1 Å². The van der Waals surface area contributed by atoms with Crippen LogP contribution in [0.2, 0.25) is 0 Å². The van der Waals surface area contributed by atoms with E-state index < -0.39 is 0 Å². The molecule has 0 bridgehead atoms. The van der Waals surface area contributed by atoms with Gasteiger partial charge in [0.15, 0.2) is 0 Å². The van der Waals surface area contributed by atoms with Crippen molar-refractivity contribution in [2.75, 3.05) is 17.6 Å². The SMILES string of the molecule is CCSC1CCC(NC(=O)C2CNc3ccccc3C2)C1. The molecule has 2 aliphatic rings. The van der Waals surface area contributed by atoms with Gasteiger partial charge in [-0.15, -0.1) is 0 Å². The molecular weight excluding hydrogens is 280 g/mol. The van der Waals surface area contributed by atoms with E-state index in [-0.39, 0.29) is 11.8 Å². The molecule has 3 rings (SSSR count). The van der Waals surface area contributed by atoms with Gasteiger partial charge >= 0.3 is 0 Å². The molecule has 3 unspecified atom stereocenters. The lowest BCUT2D eigenvalue weighted by atomic mass is 9.93. The number of amides is 1. The first kappa shape index (κ1) is 14.8. The standard InChI is InChI=1S/C17H24N2OS/c1-2-21-15-8-7-14(10-15)19-17(20)13-9-12-5-3-4-6-16(12)18-11-13/h3-6,13-15,18H,2,7-11H2,1H3,(H,19,20). The largest absolute Gasteiger partial charge is 0.384 e. The van der Waals surface area contributed by atoms with Crippen molar-refractivity contribution < 1.29 is 4.79 Å². The van der Waals surface area contributed by atoms with Crippen LogP contribution in [-0.4, -0.2) is 29.5 Å². The van der Waals surface area contributed by atoms with E-state index >= 15 is 0 Å². The minimum Gasteiger partial charge on any atom is -0.384 e. The highest BCUT2D eigenvalue weighted by atomic mass is 32.2. The lowest BCUT2D eigenvalue weighted by Gasteiger charge is -2.26. The zero-order valence-electron chi connectivity index (χ0n) is 12.6. The number of thioether (sulfide) groups is 1. The van der Waals surface area contributed by atoms with E-state index in [1.165, 1.54) is 23.4 Å². The van der Waals surface area contributed by atoms with Crippen molar-refractivity contribution in [2.45, 2.75) is 43.9 Å². The van der Waals surface area contributed by atoms with Gasteiger partial charge in [-0.05, 0) is 43.1 Å². The van der Waals surface area contributed by atoms with Crippen LogP contribution in [0.4, 0.5) is 5.69 Å². The number of benzene rings is 1. The molecule has 1 aliphatic carbocycles. The second kappa shape index (κ2) is 6.73. The second-order valence-electron chi connectivity index (χ2n) is 6.04. The Morgan fingerprint density at radius 2 is 2.24 bits per heavy atom. The molecule has 21 heavy (non-hydrogen) atoms. The van der Waals surface area contributed by atoms with Gasteiger partial charge < -0.3 is 10.6 Å². The van der Waals surface area contributed by atoms with Gasteiger partial charge in [0.05, 0.1) is 5.92 Å². The molecule has 0 saturated heterocycles. The van der Waals surface area contributed by atoms with Crippen LogP contribution in [0, 0.1) is 5.92 Å². The van der Waals surface area contributed by atoms with E-state index in [0.717, 1.165) is 31.1 Å². The Kier molecular flexibility index (Phi) is 4.73. The monoisotopic (exact) mass is 304 g/mol. The van der Waals surface area contributed by atoms with E-state index in [2.05, 4.69) is 29.7 Å². The van der Waals surface area contributed by atoms with E-state index in [1.54, 1.807) is 0 Å². The Morgan fingerprint density at radius 3 is 3.10 bits per heavy atom. The van der Waals surface area contributed by atoms with Crippen LogP contribution in [0.1, 0.15) is 31.7 Å². The number of hydrogen-bond donors (Lipinski definition) is 2. The lowest BCUT2D eigenvalue weighted by molar-refractivity contribution is -0.125. The maximum Gasteiger partial charge on any atom is 0.225 e. The number of carbonyl (C=O) groups excluding carboxylic acids is 1. The van der Waals surface area contributed by atoms with E-state index in [0.29, 0.717) is 6.04 Å². The molecule has 0 radical (unpaired) electrons. The van der Waals surface area contributed by atoms with Gasteiger partial charge in [0.25, 0.3) is 0 Å². The predicted octanol–water partition coefficient (Wildman–Crippen LogP) is 3.06. The van der Waals surface area contributed by atoms with Crippen LogP contribution < -0.4 is 10.6 Å². The van der Waals surface area contributed by atoms with Crippen LogP contribution in [0.15, 0.2) is 24.3 Å². The Morgan fingerprint density at radius 1 is 1.38 bits per heavy atom. The summed E-state index contributed by atoms with van der Waals surface area (Å²) in [6.07, 6.45) is 4.38. The zero-order valence-corrected chi connectivity index (χ0v) is 13.4. The molecule has 4 heteroatoms. The van der Waals surface area contributed by atoms with Crippen LogP contribution in [0.5, 0.6) is 0 Å². The molecule has 1 aliphatic heterocycles. The highest BCUT2D eigenvalue weighted by molar-refractivity contribution is 7.99. The van der Waals surface area contributed by atoms with Crippen molar-refractivity contribution in [3.63, 3.8) is 0 Å². The number of fused-ring (bicyclic) bond motifs is 1. The molecular formula is C17H24N2OS. The maximum absolute atomic E-state index is 12.5. The van der Waals surface area contributed by atoms with Gasteiger partial charge in [0.1, 0.15) is 0 Å². The Bertz CT molecular complexity index is 505. The Balaban J connectivity index is 1.53. The summed E-state index contributed by atoms with van der Waals surface area (Å²) in [6, 6.07) is 8.68. The van der Waals surface area contributed by atoms with Gasteiger partial charge in [-0.2, -0.15) is 11.8 Å². The summed E-state index contributed by atoms with van der Waals surface area (Å²) < 4.78 is 0. The van der Waals surface area contributed by atoms with Crippen molar-refractivity contribution in [1.82, 2.24) is 5.32 Å². The maximum atomic E-state index is 12.5. The fourth-order valence-corrected chi connectivity index (χ4v) is 4.55. The van der Waals surface area contributed by atoms with Crippen molar-refractivity contribution in [3.8, 4) is 0 Å². The molecule has 1 amide bonds. The molecule has 1 aromatic rings. The summed E-state index contributed by atoms with van der Waals surface area (Å²) in [4.78, 5) is 12.5. The van der Waals surface area contributed by atoms with E-state index in [1.807, 2.05) is 23.9 Å². The number of carbonyl (C=O) groups is 1. The first-order chi connectivity index (χ1) is 10.3. The Hall–Kier alpha value is -1.16. The van der Waals surface area contributed by atoms with Gasteiger partial charge in [-0.1, -0.05) is 25.1 Å². The third-order valence-corrected chi connectivity index (χ3v) is 5.76. The molecule has 1 saturated carbocycles. The molecule has 1 fully saturated rings. The lowest BCUT2D eigenvalue weighted by Crippen LogP contribution is -2.42. The summed E-state index contributed by atoms with van der Waals surface area (Å²) in [5.41, 5.74) is 2.44. The van der Waals surface area contributed by atoms with Crippen molar-refractivity contribution in [1.29, 1.82) is 0 Å². The zero-order chi connectivity index (χ0) is 14.7. The van der Waals surface area contributed by atoms with Crippen LogP contribution in [-0.2, 0) is 11.2 Å². The summed E-state index contributed by atoms with van der Waals surface area (Å²) in [5.74, 6) is 1.47. The number of para-hydroxylation sites is 1. The van der Waals surface area contributed by atoms with Crippen molar-refractivity contribution in [3.05, 3.63) is 29.8 Å². The minimum absolute atomic E-state index is 0.0674. The highest BCUT2D eigenvalue weighted by Crippen LogP contribution is 2.30. The fraction of sp³-hybridized carbons (Fsp3) is 0.588. The molecule has 0 aromatic heterocycles. The molecule has 3 atom stereocenters. The molecule has 114 valence electrons. The molecule has 3 nitrogen and oxygen atoms in total. The predicted molar refractivity (Wildman–Crippen MR) is 89.8 cm³/mol. The average Bonchev–Trinajstić information content (AvgIpc) is 2.94. The normalized spacial score (nSPS) is 27.8. The number of anilines is 1. The molecule has 2 N–H and O–H groups in total. The third kappa shape index (κ3) is 3.54. The van der Waals surface area contributed by atoms with Crippen molar-refractivity contribution in [2.24, 2.45) is 5.92 Å². The number of rotatable bonds is 4. The first-order valence-corrected chi connectivity index (χ1v) is 9.05. The number of nitrogens with one attached hydrogen (secondary N) is 2. The summed E-state index contributed by atoms with van der Waals surface area (Å²) in [5, 5.41) is 7.40. The van der Waals surface area contributed by atoms with Gasteiger partial charge in [-0.3, -0.25) is 4.79 Å². The van der Waals surface area contributed by atoms with Crippen LogP contribution in [0.25, 0.3) is 0 Å². The van der Waals surface area contributed by atoms with Crippen LogP contribution in [0.3, 0.4) is 0 Å². The smallest absolute Gasteiger partial charge is 0.225 e. The Labute approximate surface area is 131 Å². The molecule has 1 heterocycles. The summed E-state index contributed by atoms with van der Waals surface area (Å²) in [6.45, 7) is 2.96. The van der Waals surface area contributed by atoms with Gasteiger partial charge in [0, 0.05) is 23.5 Å². The summed E-state index contributed by atoms with van der Waals surface area (Å²) in [7, 11) is 0. The number of hydrogen-bond acceptors (Lipinski definition) is 3. The van der Waals surface area contributed by atoms with Gasteiger partial charge in [-0.25, -0.2) is 0 Å². The summed E-state index contributed by atoms with van der Waals surface area (Å²) >= 11 is 2.03. The average molecular weight is 304 g/mol. The fourth-order valence-electron chi connectivity index (χ4n) is 3.40. The third-order valence-electron chi connectivity index (χ3n) is 4.53. The van der Waals surface area contributed by atoms with Gasteiger partial charge in [0.2, 0.25) is 5.91 Å². The highest BCUT2D eigenvalue weighted by Gasteiger charge is 2.29. The van der Waals surface area contributed by atoms with E-state index in [4.69, 9.17) is 0 Å². The van der Waals surface area contributed by atoms with E-state index in [9.17, 15) is 4.79 Å². The first-order valence-electron chi connectivity index (χ1n) is 8.00. The second-order valence-corrected chi connectivity index (χ2v) is 7.61. The molecule has 1 aromatic carbocycles. The quantitative estimate of drug-likeness (QED) is 0.898. The minimum atomic E-state index is 0.0674. The molecule has 0 spiro atoms. The van der Waals surface area contributed by atoms with Crippen molar-refractivity contribution >= 4 is 23.4 Å². The van der Waals surface area contributed by atoms with Crippen LogP contribution >= 0.6 is 11.8 Å².